The first-order valence-electron chi connectivity index (χ1n) is 5.86. The highest BCUT2D eigenvalue weighted by Crippen LogP contribution is 2.23. The first kappa shape index (κ1) is 15.1. The normalized spacial score (nSPS) is 20.0. The quantitative estimate of drug-likeness (QED) is 0.363. The Hall–Kier alpha value is -1.31. The van der Waals surface area contributed by atoms with Crippen LogP contribution in [0, 0.1) is 0 Å². The van der Waals surface area contributed by atoms with Crippen LogP contribution in [0.15, 0.2) is 27.8 Å². The molecule has 0 radical (unpaired) electrons. The van der Waals surface area contributed by atoms with Gasteiger partial charge in [-0.25, -0.2) is 0 Å². The van der Waals surface area contributed by atoms with Crippen LogP contribution in [0.2, 0.25) is 5.02 Å². The number of carbonyl (C=O) groups excluding carboxylic acids is 1. The minimum atomic E-state index is -0.608. The van der Waals surface area contributed by atoms with Crippen molar-refractivity contribution >= 4 is 39.3 Å². The molecule has 1 saturated heterocycles. The topological polar surface area (TPSA) is 88.2 Å². The number of morpholine rings is 1. The van der Waals surface area contributed by atoms with Gasteiger partial charge in [0.1, 0.15) is 6.10 Å². The molecule has 1 amide bonds. The largest absolute Gasteiger partial charge is 0.409 e. The summed E-state index contributed by atoms with van der Waals surface area (Å²) in [5.74, 6) is -0.266. The van der Waals surface area contributed by atoms with Gasteiger partial charge in [-0.1, -0.05) is 32.7 Å². The Labute approximate surface area is 129 Å². The molecule has 1 aliphatic rings. The van der Waals surface area contributed by atoms with E-state index in [-0.39, 0.29) is 18.3 Å². The fourth-order valence-electron chi connectivity index (χ4n) is 1.91. The molecule has 3 N–H and O–H groups in total. The van der Waals surface area contributed by atoms with Gasteiger partial charge in [-0.3, -0.25) is 4.79 Å². The number of ether oxygens (including phenoxy) is 1. The molecule has 1 fully saturated rings. The lowest BCUT2D eigenvalue weighted by Crippen LogP contribution is -2.50. The van der Waals surface area contributed by atoms with Gasteiger partial charge in [0.15, 0.2) is 5.84 Å². The number of carbonyl (C=O) groups is 1. The number of amidine groups is 1. The number of oxime groups is 1. The summed E-state index contributed by atoms with van der Waals surface area (Å²) in [6.45, 7) is 0.965. The Morgan fingerprint density at radius 2 is 2.35 bits per heavy atom. The smallest absolute Gasteiger partial charge is 0.255 e. The fraction of sp³-hybridized carbons (Fsp3) is 0.333. The molecule has 108 valence electrons. The van der Waals surface area contributed by atoms with Crippen molar-refractivity contribution < 1.29 is 14.7 Å². The lowest BCUT2D eigenvalue weighted by Gasteiger charge is -2.32. The molecule has 1 atom stereocenters. The lowest BCUT2D eigenvalue weighted by molar-refractivity contribution is 0.00676. The third kappa shape index (κ3) is 3.23. The average molecular weight is 363 g/mol. The van der Waals surface area contributed by atoms with Crippen molar-refractivity contribution in [3.63, 3.8) is 0 Å². The van der Waals surface area contributed by atoms with Gasteiger partial charge in [-0.2, -0.15) is 0 Å². The van der Waals surface area contributed by atoms with Gasteiger partial charge in [0.25, 0.3) is 5.91 Å². The predicted octanol–water partition coefficient (Wildman–Crippen LogP) is 1.69. The van der Waals surface area contributed by atoms with E-state index in [1.165, 1.54) is 0 Å². The molecule has 0 spiro atoms. The number of nitrogens with zero attached hydrogens (tertiary/aromatic N) is 2. The minimum absolute atomic E-state index is 0.0529. The molecule has 1 aromatic carbocycles. The zero-order chi connectivity index (χ0) is 14.7. The van der Waals surface area contributed by atoms with Gasteiger partial charge >= 0.3 is 0 Å². The van der Waals surface area contributed by atoms with Crippen LogP contribution in [0.3, 0.4) is 0 Å². The maximum Gasteiger partial charge on any atom is 0.255 e. The molecular formula is C12H13BrClN3O3. The number of hydrogen-bond donors (Lipinski definition) is 2. The van der Waals surface area contributed by atoms with E-state index in [9.17, 15) is 4.79 Å². The molecule has 20 heavy (non-hydrogen) atoms. The highest BCUT2D eigenvalue weighted by Gasteiger charge is 2.28. The Morgan fingerprint density at radius 3 is 3.05 bits per heavy atom. The van der Waals surface area contributed by atoms with Crippen LogP contribution >= 0.6 is 27.5 Å². The van der Waals surface area contributed by atoms with Gasteiger partial charge in [-0.15, -0.1) is 0 Å². The van der Waals surface area contributed by atoms with Crippen molar-refractivity contribution in [1.82, 2.24) is 4.90 Å². The van der Waals surface area contributed by atoms with E-state index >= 15 is 0 Å². The summed E-state index contributed by atoms with van der Waals surface area (Å²) in [7, 11) is 0. The zero-order valence-corrected chi connectivity index (χ0v) is 12.8. The summed E-state index contributed by atoms with van der Waals surface area (Å²) in [5, 5.41) is 11.9. The minimum Gasteiger partial charge on any atom is -0.409 e. The average Bonchev–Trinajstić information content (AvgIpc) is 2.48. The van der Waals surface area contributed by atoms with E-state index in [2.05, 4.69) is 21.1 Å². The van der Waals surface area contributed by atoms with E-state index in [0.717, 1.165) is 4.47 Å². The monoisotopic (exact) mass is 361 g/mol. The molecular weight excluding hydrogens is 350 g/mol. The van der Waals surface area contributed by atoms with E-state index in [4.69, 9.17) is 27.3 Å². The molecule has 0 aromatic heterocycles. The third-order valence-electron chi connectivity index (χ3n) is 2.96. The van der Waals surface area contributed by atoms with Gasteiger partial charge in [0.05, 0.1) is 23.7 Å². The molecule has 0 saturated carbocycles. The molecule has 0 bridgehead atoms. The van der Waals surface area contributed by atoms with Crippen LogP contribution in [0.25, 0.3) is 0 Å². The van der Waals surface area contributed by atoms with Crippen LogP contribution in [0.1, 0.15) is 10.4 Å². The molecule has 2 rings (SSSR count). The first-order valence-corrected chi connectivity index (χ1v) is 7.03. The predicted molar refractivity (Wildman–Crippen MR) is 78.2 cm³/mol. The van der Waals surface area contributed by atoms with Crippen LogP contribution in [-0.2, 0) is 4.74 Å². The second kappa shape index (κ2) is 6.43. The molecule has 8 heteroatoms. The lowest BCUT2D eigenvalue weighted by atomic mass is 10.1. The zero-order valence-electron chi connectivity index (χ0n) is 10.4. The van der Waals surface area contributed by atoms with Crippen molar-refractivity contribution in [3.8, 4) is 0 Å². The van der Waals surface area contributed by atoms with Gasteiger partial charge < -0.3 is 20.6 Å². The Balaban J connectivity index is 2.18. The summed E-state index contributed by atoms with van der Waals surface area (Å²) >= 11 is 9.36. The molecule has 1 aliphatic heterocycles. The number of rotatable bonds is 2. The van der Waals surface area contributed by atoms with Crippen molar-refractivity contribution in [3.05, 3.63) is 33.3 Å². The van der Waals surface area contributed by atoms with Gasteiger partial charge in [0.2, 0.25) is 0 Å². The van der Waals surface area contributed by atoms with Gasteiger partial charge in [0, 0.05) is 11.0 Å². The van der Waals surface area contributed by atoms with Crippen LogP contribution in [0.5, 0.6) is 0 Å². The summed E-state index contributed by atoms with van der Waals surface area (Å²) in [6.07, 6.45) is -0.608. The van der Waals surface area contributed by atoms with E-state index in [0.29, 0.717) is 23.7 Å². The molecule has 0 aliphatic carbocycles. The molecule has 1 aromatic rings. The Kier molecular flexibility index (Phi) is 4.85. The summed E-state index contributed by atoms with van der Waals surface area (Å²) in [4.78, 5) is 14.0. The van der Waals surface area contributed by atoms with Gasteiger partial charge in [-0.05, 0) is 18.2 Å². The maximum absolute atomic E-state index is 12.5. The number of nitrogens with two attached hydrogens (primary N) is 1. The van der Waals surface area contributed by atoms with Crippen molar-refractivity contribution in [1.29, 1.82) is 0 Å². The molecule has 6 nitrogen and oxygen atoms in total. The number of amides is 1. The highest BCUT2D eigenvalue weighted by molar-refractivity contribution is 9.10. The van der Waals surface area contributed by atoms with Crippen molar-refractivity contribution in [2.24, 2.45) is 10.9 Å². The third-order valence-corrected chi connectivity index (χ3v) is 3.78. The second-order valence-corrected chi connectivity index (χ2v) is 5.58. The second-order valence-electron chi connectivity index (χ2n) is 4.26. The maximum atomic E-state index is 12.5. The summed E-state index contributed by atoms with van der Waals surface area (Å²) < 4.78 is 6.12. The highest BCUT2D eigenvalue weighted by atomic mass is 79.9. The molecule has 1 heterocycles. The fourth-order valence-corrected chi connectivity index (χ4v) is 2.47. The summed E-state index contributed by atoms with van der Waals surface area (Å²) in [5.41, 5.74) is 5.91. The van der Waals surface area contributed by atoms with E-state index < -0.39 is 6.10 Å². The SMILES string of the molecule is NC(=NO)C1CN(C(=O)c2cc(Br)ccc2Cl)CCO1. The number of halogens is 2. The van der Waals surface area contributed by atoms with Crippen LogP contribution < -0.4 is 5.73 Å². The number of benzene rings is 1. The van der Waals surface area contributed by atoms with Crippen LogP contribution in [-0.4, -0.2) is 47.7 Å². The van der Waals surface area contributed by atoms with E-state index in [1.54, 1.807) is 23.1 Å². The molecule has 1 unspecified atom stereocenters. The van der Waals surface area contributed by atoms with E-state index in [1.807, 2.05) is 0 Å². The Morgan fingerprint density at radius 1 is 1.60 bits per heavy atom. The summed E-state index contributed by atoms with van der Waals surface area (Å²) in [6, 6.07) is 5.08. The van der Waals surface area contributed by atoms with Crippen LogP contribution in [0.4, 0.5) is 0 Å². The standard InChI is InChI=1S/C12H13BrClN3O3/c13-7-1-2-9(14)8(5-7)12(18)17-3-4-20-10(6-17)11(15)16-19/h1-2,5,10,19H,3-4,6H2,(H2,15,16). The first-order chi connectivity index (χ1) is 9.52. The number of hydrogen-bond acceptors (Lipinski definition) is 4. The Bertz CT molecular complexity index is 553. The van der Waals surface area contributed by atoms with Crippen molar-refractivity contribution in [2.75, 3.05) is 19.7 Å². The van der Waals surface area contributed by atoms with Crippen molar-refractivity contribution in [2.45, 2.75) is 6.10 Å².